The van der Waals surface area contributed by atoms with Gasteiger partial charge in [0.2, 0.25) is 0 Å². The van der Waals surface area contributed by atoms with Crippen molar-refractivity contribution >= 4 is 0 Å². The summed E-state index contributed by atoms with van der Waals surface area (Å²) in [5, 5.41) is 14.6. The number of morpholine rings is 1. The van der Waals surface area contributed by atoms with Crippen molar-refractivity contribution in [3.63, 3.8) is 0 Å². The molecule has 136 valence electrons. The summed E-state index contributed by atoms with van der Waals surface area (Å²) >= 11 is 0. The molecule has 0 bridgehead atoms. The van der Waals surface area contributed by atoms with Crippen LogP contribution in [0, 0.1) is 13.8 Å². The highest BCUT2D eigenvalue weighted by Crippen LogP contribution is 2.19. The lowest BCUT2D eigenvalue weighted by Gasteiger charge is -2.34. The van der Waals surface area contributed by atoms with Gasteiger partial charge in [-0.1, -0.05) is 12.1 Å². The number of rotatable bonds is 7. The van der Waals surface area contributed by atoms with Gasteiger partial charge in [0.05, 0.1) is 19.3 Å². The molecule has 0 amide bonds. The van der Waals surface area contributed by atoms with E-state index in [0.29, 0.717) is 19.8 Å². The summed E-state index contributed by atoms with van der Waals surface area (Å²) in [6, 6.07) is 8.02. The monoisotopic (exact) mass is 345 g/mol. The molecule has 0 radical (unpaired) electrons. The maximum absolute atomic E-state index is 10.3. The Morgan fingerprint density at radius 3 is 3.08 bits per heavy atom. The molecule has 0 saturated carbocycles. The van der Waals surface area contributed by atoms with Gasteiger partial charge in [-0.3, -0.25) is 9.58 Å². The lowest BCUT2D eigenvalue weighted by atomic mass is 10.1. The Balaban J connectivity index is 1.45. The van der Waals surface area contributed by atoms with E-state index in [1.807, 2.05) is 42.9 Å². The molecule has 6 heteroatoms. The van der Waals surface area contributed by atoms with Crippen LogP contribution in [0.3, 0.4) is 0 Å². The van der Waals surface area contributed by atoms with Gasteiger partial charge in [0, 0.05) is 32.0 Å². The van der Waals surface area contributed by atoms with Crippen LogP contribution >= 0.6 is 0 Å². The number of ether oxygens (including phenoxy) is 2. The molecule has 6 nitrogen and oxygen atoms in total. The zero-order valence-corrected chi connectivity index (χ0v) is 15.0. The fourth-order valence-electron chi connectivity index (χ4n) is 3.07. The summed E-state index contributed by atoms with van der Waals surface area (Å²) in [4.78, 5) is 2.23. The molecule has 0 aliphatic carbocycles. The van der Waals surface area contributed by atoms with Gasteiger partial charge in [-0.05, 0) is 37.1 Å². The van der Waals surface area contributed by atoms with E-state index in [0.717, 1.165) is 36.5 Å². The molecule has 1 aromatic carbocycles. The smallest absolute Gasteiger partial charge is 0.122 e. The Morgan fingerprint density at radius 2 is 2.28 bits per heavy atom. The second kappa shape index (κ2) is 8.47. The van der Waals surface area contributed by atoms with E-state index in [9.17, 15) is 5.11 Å². The average molecular weight is 345 g/mol. The number of β-amino-alcohol motifs (C(OH)–C–C–N with tert-alkyl or cyclic N) is 1. The van der Waals surface area contributed by atoms with Gasteiger partial charge in [-0.25, -0.2) is 0 Å². The first-order valence-corrected chi connectivity index (χ1v) is 8.79. The van der Waals surface area contributed by atoms with E-state index in [-0.39, 0.29) is 6.10 Å². The maximum Gasteiger partial charge on any atom is 0.122 e. The summed E-state index contributed by atoms with van der Waals surface area (Å²) in [7, 11) is 0. The van der Waals surface area contributed by atoms with Crippen molar-refractivity contribution in [1.82, 2.24) is 14.7 Å². The first-order valence-electron chi connectivity index (χ1n) is 8.79. The van der Waals surface area contributed by atoms with E-state index in [1.54, 1.807) is 6.20 Å². The highest BCUT2D eigenvalue weighted by Gasteiger charge is 2.23. The van der Waals surface area contributed by atoms with E-state index in [1.165, 1.54) is 0 Å². The van der Waals surface area contributed by atoms with Gasteiger partial charge >= 0.3 is 0 Å². The molecule has 25 heavy (non-hydrogen) atoms. The van der Waals surface area contributed by atoms with Crippen LogP contribution in [-0.4, -0.2) is 64.8 Å². The minimum atomic E-state index is -0.525. The fraction of sp³-hybridized carbons (Fsp3) is 0.526. The van der Waals surface area contributed by atoms with Crippen LogP contribution in [0.5, 0.6) is 5.75 Å². The van der Waals surface area contributed by atoms with Crippen molar-refractivity contribution in [2.45, 2.75) is 32.6 Å². The first-order chi connectivity index (χ1) is 12.1. The van der Waals surface area contributed by atoms with E-state index in [2.05, 4.69) is 16.1 Å². The Bertz CT molecular complexity index is 660. The molecule has 2 atom stereocenters. The zero-order chi connectivity index (χ0) is 17.6. The highest BCUT2D eigenvalue weighted by atomic mass is 16.5. The second-order valence-electron chi connectivity index (χ2n) is 6.71. The summed E-state index contributed by atoms with van der Waals surface area (Å²) in [5.41, 5.74) is 2.24. The third-order valence-electron chi connectivity index (χ3n) is 4.42. The van der Waals surface area contributed by atoms with Crippen LogP contribution in [-0.2, 0) is 11.3 Å². The lowest BCUT2D eigenvalue weighted by molar-refractivity contribution is -0.0517. The lowest BCUT2D eigenvalue weighted by Crippen LogP contribution is -2.47. The van der Waals surface area contributed by atoms with Crippen LogP contribution in [0.25, 0.3) is 0 Å². The maximum atomic E-state index is 10.3. The molecule has 2 unspecified atom stereocenters. The minimum Gasteiger partial charge on any atom is -0.491 e. The van der Waals surface area contributed by atoms with Gasteiger partial charge in [-0.2, -0.15) is 5.10 Å². The van der Waals surface area contributed by atoms with Crippen molar-refractivity contribution in [2.24, 2.45) is 0 Å². The fourth-order valence-corrected chi connectivity index (χ4v) is 3.07. The van der Waals surface area contributed by atoms with Crippen LogP contribution in [0.2, 0.25) is 0 Å². The number of aliphatic hydroxyl groups excluding tert-OH is 1. The zero-order valence-electron chi connectivity index (χ0n) is 15.0. The van der Waals surface area contributed by atoms with Crippen LogP contribution in [0.1, 0.15) is 11.1 Å². The van der Waals surface area contributed by atoms with Crippen LogP contribution in [0.4, 0.5) is 0 Å². The quantitative estimate of drug-likeness (QED) is 0.827. The Morgan fingerprint density at radius 1 is 1.40 bits per heavy atom. The summed E-state index contributed by atoms with van der Waals surface area (Å²) in [6.07, 6.45) is 3.29. The summed E-state index contributed by atoms with van der Waals surface area (Å²) < 4.78 is 13.5. The third kappa shape index (κ3) is 5.29. The predicted molar refractivity (Wildman–Crippen MR) is 95.8 cm³/mol. The largest absolute Gasteiger partial charge is 0.491 e. The molecule has 2 heterocycles. The van der Waals surface area contributed by atoms with Gasteiger partial charge in [0.15, 0.2) is 0 Å². The summed E-state index contributed by atoms with van der Waals surface area (Å²) in [5.74, 6) is 0.845. The molecular formula is C19H27N3O3. The molecular weight excluding hydrogens is 318 g/mol. The van der Waals surface area contributed by atoms with E-state index >= 15 is 0 Å². The molecule has 3 rings (SSSR count). The number of benzene rings is 1. The van der Waals surface area contributed by atoms with Crippen molar-refractivity contribution in [3.8, 4) is 5.75 Å². The minimum absolute atomic E-state index is 0.0979. The summed E-state index contributed by atoms with van der Waals surface area (Å²) in [6.45, 7) is 7.97. The van der Waals surface area contributed by atoms with Crippen LogP contribution in [0.15, 0.2) is 36.7 Å². The Labute approximate surface area is 149 Å². The van der Waals surface area contributed by atoms with Crippen molar-refractivity contribution in [1.29, 1.82) is 0 Å². The van der Waals surface area contributed by atoms with Gasteiger partial charge in [0.25, 0.3) is 0 Å². The number of nitrogens with zero attached hydrogens (tertiary/aromatic N) is 3. The SMILES string of the molecule is Cc1ccc(C)c(OCC(O)CN2CCOC(Cn3cccn3)C2)c1. The number of aryl methyl sites for hydroxylation is 2. The van der Waals surface area contributed by atoms with Crippen LogP contribution < -0.4 is 4.74 Å². The van der Waals surface area contributed by atoms with E-state index in [4.69, 9.17) is 9.47 Å². The number of hydrogen-bond acceptors (Lipinski definition) is 5. The average Bonchev–Trinajstić information content (AvgIpc) is 3.09. The molecule has 1 fully saturated rings. The molecule has 1 saturated heterocycles. The van der Waals surface area contributed by atoms with E-state index < -0.39 is 6.10 Å². The van der Waals surface area contributed by atoms with Crippen molar-refractivity contribution < 1.29 is 14.6 Å². The molecule has 1 aliphatic rings. The normalized spacial score (nSPS) is 19.7. The van der Waals surface area contributed by atoms with Gasteiger partial charge in [0.1, 0.15) is 18.5 Å². The first kappa shape index (κ1) is 17.9. The molecule has 1 aromatic heterocycles. The van der Waals surface area contributed by atoms with Crippen molar-refractivity contribution in [3.05, 3.63) is 47.8 Å². The Hall–Kier alpha value is -1.89. The number of aliphatic hydroxyl groups is 1. The van der Waals surface area contributed by atoms with Crippen molar-refractivity contribution in [2.75, 3.05) is 32.8 Å². The predicted octanol–water partition coefficient (Wildman–Crippen LogP) is 1.64. The third-order valence-corrected chi connectivity index (χ3v) is 4.42. The topological polar surface area (TPSA) is 59.8 Å². The standard InChI is InChI=1S/C19H27N3O3/c1-15-4-5-16(2)19(10-15)25-14-17(23)11-21-8-9-24-18(12-21)13-22-7-3-6-20-22/h3-7,10,17-18,23H,8-9,11-14H2,1-2H3. The van der Waals surface area contributed by atoms with Gasteiger partial charge in [-0.15, -0.1) is 0 Å². The molecule has 0 spiro atoms. The van der Waals surface area contributed by atoms with Gasteiger partial charge < -0.3 is 14.6 Å². The highest BCUT2D eigenvalue weighted by molar-refractivity contribution is 5.35. The Kier molecular flexibility index (Phi) is 6.07. The molecule has 1 N–H and O–H groups in total. The second-order valence-corrected chi connectivity index (χ2v) is 6.71. The number of aromatic nitrogens is 2. The molecule has 2 aromatic rings. The molecule has 1 aliphatic heterocycles. The number of hydrogen-bond donors (Lipinski definition) is 1.